The van der Waals surface area contributed by atoms with E-state index in [1.165, 1.54) is 25.2 Å². The van der Waals surface area contributed by atoms with Crippen molar-refractivity contribution in [3.63, 3.8) is 0 Å². The minimum absolute atomic E-state index is 0.203. The molecule has 0 aliphatic rings. The molecule has 11 heteroatoms. The number of carboxylic acid groups (broad SMARTS) is 2. The molecule has 0 heterocycles. The Bertz CT molecular complexity index is 558. The highest BCUT2D eigenvalue weighted by Crippen LogP contribution is 2.31. The smallest absolute Gasteiger partial charge is 0.414 e. The third kappa shape index (κ3) is 6.93. The van der Waals surface area contributed by atoms with E-state index in [-0.39, 0.29) is 5.02 Å². The SMILES string of the molecule is CN(c1ccc(Cl)c(Cl)c1)C(CN)C(F)(F)F.O=C(O)C(=O)O. The van der Waals surface area contributed by atoms with Gasteiger partial charge in [-0.15, -0.1) is 0 Å². The third-order valence-electron chi connectivity index (χ3n) is 2.56. The Morgan fingerprint density at radius 2 is 1.70 bits per heavy atom. The molecule has 0 aliphatic carbocycles. The molecule has 0 fully saturated rings. The van der Waals surface area contributed by atoms with E-state index in [1.54, 1.807) is 0 Å². The molecule has 23 heavy (non-hydrogen) atoms. The molecule has 0 amide bonds. The maximum absolute atomic E-state index is 12.7. The van der Waals surface area contributed by atoms with E-state index in [0.29, 0.717) is 10.7 Å². The molecule has 130 valence electrons. The highest BCUT2D eigenvalue weighted by molar-refractivity contribution is 6.42. The van der Waals surface area contributed by atoms with E-state index in [2.05, 4.69) is 0 Å². The number of halogens is 5. The number of likely N-dealkylation sites (N-methyl/N-ethyl adjacent to an activating group) is 1. The van der Waals surface area contributed by atoms with Crippen LogP contribution >= 0.6 is 23.2 Å². The number of rotatable bonds is 3. The fourth-order valence-corrected chi connectivity index (χ4v) is 1.69. The van der Waals surface area contributed by atoms with Crippen molar-refractivity contribution in [3.05, 3.63) is 28.2 Å². The molecule has 1 rings (SSSR count). The van der Waals surface area contributed by atoms with Gasteiger partial charge in [0.15, 0.2) is 0 Å². The van der Waals surface area contributed by atoms with Crippen molar-refractivity contribution in [2.75, 3.05) is 18.5 Å². The lowest BCUT2D eigenvalue weighted by molar-refractivity contribution is -0.159. The molecule has 1 atom stereocenters. The molecular formula is C12H13Cl2F3N2O4. The minimum Gasteiger partial charge on any atom is -0.473 e. The first-order valence-electron chi connectivity index (χ1n) is 5.82. The van der Waals surface area contributed by atoms with Crippen LogP contribution in [0.3, 0.4) is 0 Å². The van der Waals surface area contributed by atoms with Crippen molar-refractivity contribution < 1.29 is 33.0 Å². The van der Waals surface area contributed by atoms with E-state index < -0.39 is 30.7 Å². The second kappa shape index (κ2) is 8.80. The lowest BCUT2D eigenvalue weighted by atomic mass is 10.2. The number of nitrogens with two attached hydrogens (primary N) is 1. The van der Waals surface area contributed by atoms with E-state index in [0.717, 1.165) is 4.90 Å². The molecule has 0 aromatic heterocycles. The Morgan fingerprint density at radius 3 is 2.00 bits per heavy atom. The van der Waals surface area contributed by atoms with Crippen LogP contribution < -0.4 is 10.6 Å². The first-order chi connectivity index (χ1) is 10.4. The van der Waals surface area contributed by atoms with Gasteiger partial charge in [-0.05, 0) is 18.2 Å². The maximum Gasteiger partial charge on any atom is 0.414 e. The van der Waals surface area contributed by atoms with Crippen molar-refractivity contribution in [3.8, 4) is 0 Å². The normalized spacial score (nSPS) is 12.0. The molecule has 1 aromatic carbocycles. The number of benzene rings is 1. The average molecular weight is 377 g/mol. The summed E-state index contributed by atoms with van der Waals surface area (Å²) in [7, 11) is 1.31. The predicted octanol–water partition coefficient (Wildman–Crippen LogP) is 2.47. The summed E-state index contributed by atoms with van der Waals surface area (Å²) >= 11 is 11.4. The van der Waals surface area contributed by atoms with Crippen LogP contribution in [0, 0.1) is 0 Å². The van der Waals surface area contributed by atoms with E-state index in [4.69, 9.17) is 48.7 Å². The van der Waals surface area contributed by atoms with Crippen LogP contribution in [0.1, 0.15) is 0 Å². The number of anilines is 1. The molecule has 4 N–H and O–H groups in total. The van der Waals surface area contributed by atoms with Crippen molar-refractivity contribution in [1.82, 2.24) is 0 Å². The van der Waals surface area contributed by atoms with Gasteiger partial charge < -0.3 is 20.8 Å². The van der Waals surface area contributed by atoms with Crippen molar-refractivity contribution >= 4 is 40.8 Å². The van der Waals surface area contributed by atoms with Crippen LogP contribution in [0.15, 0.2) is 18.2 Å². The topological polar surface area (TPSA) is 104 Å². The van der Waals surface area contributed by atoms with Crippen molar-refractivity contribution in [2.45, 2.75) is 12.2 Å². The molecule has 0 saturated carbocycles. The molecule has 1 unspecified atom stereocenters. The number of alkyl halides is 3. The Hall–Kier alpha value is -1.71. The van der Waals surface area contributed by atoms with Gasteiger partial charge in [-0.1, -0.05) is 23.2 Å². The molecule has 0 spiro atoms. The van der Waals surface area contributed by atoms with Gasteiger partial charge in [0.05, 0.1) is 10.0 Å². The fraction of sp³-hybridized carbons (Fsp3) is 0.333. The second-order valence-corrected chi connectivity index (χ2v) is 4.93. The first kappa shape index (κ1) is 21.3. The fourth-order valence-electron chi connectivity index (χ4n) is 1.40. The van der Waals surface area contributed by atoms with Crippen molar-refractivity contribution in [2.24, 2.45) is 5.73 Å². The minimum atomic E-state index is -4.39. The zero-order valence-electron chi connectivity index (χ0n) is 11.6. The van der Waals surface area contributed by atoms with Crippen LogP contribution in [0.5, 0.6) is 0 Å². The van der Waals surface area contributed by atoms with E-state index in [9.17, 15) is 13.2 Å². The van der Waals surface area contributed by atoms with Crippen LogP contribution in [0.25, 0.3) is 0 Å². The van der Waals surface area contributed by atoms with Crippen LogP contribution in [0.4, 0.5) is 18.9 Å². The van der Waals surface area contributed by atoms with Gasteiger partial charge in [0, 0.05) is 19.3 Å². The standard InChI is InChI=1S/C10H11Cl2F3N2.C2H2O4/c1-17(9(5-16)10(13,14)15)6-2-3-7(11)8(12)4-6;3-1(4)2(5)6/h2-4,9H,5,16H2,1H3;(H,3,4)(H,5,6). The van der Waals surface area contributed by atoms with Gasteiger partial charge in [0.1, 0.15) is 6.04 Å². The Labute approximate surface area is 139 Å². The number of carboxylic acids is 2. The summed E-state index contributed by atoms with van der Waals surface area (Å²) in [6.45, 7) is -0.528. The summed E-state index contributed by atoms with van der Waals surface area (Å²) in [5.41, 5.74) is 5.46. The zero-order valence-corrected chi connectivity index (χ0v) is 13.2. The largest absolute Gasteiger partial charge is 0.473 e. The molecule has 0 bridgehead atoms. The highest BCUT2D eigenvalue weighted by Gasteiger charge is 2.41. The van der Waals surface area contributed by atoms with Gasteiger partial charge in [-0.25, -0.2) is 9.59 Å². The lowest BCUT2D eigenvalue weighted by Crippen LogP contribution is -2.48. The van der Waals surface area contributed by atoms with Gasteiger partial charge in [0.25, 0.3) is 0 Å². The molecule has 0 saturated heterocycles. The van der Waals surface area contributed by atoms with Gasteiger partial charge in [0.2, 0.25) is 0 Å². The maximum atomic E-state index is 12.7. The average Bonchev–Trinajstić information content (AvgIpc) is 2.41. The van der Waals surface area contributed by atoms with Crippen molar-refractivity contribution in [1.29, 1.82) is 0 Å². The summed E-state index contributed by atoms with van der Waals surface area (Å²) in [5.74, 6) is -3.65. The van der Waals surface area contributed by atoms with E-state index >= 15 is 0 Å². The number of nitrogens with zero attached hydrogens (tertiary/aromatic N) is 1. The lowest BCUT2D eigenvalue weighted by Gasteiger charge is -2.30. The summed E-state index contributed by atoms with van der Waals surface area (Å²) in [6.07, 6.45) is -4.39. The molecule has 6 nitrogen and oxygen atoms in total. The van der Waals surface area contributed by atoms with Gasteiger partial charge in [-0.2, -0.15) is 13.2 Å². The zero-order chi connectivity index (χ0) is 18.4. The molecule has 0 radical (unpaired) electrons. The Kier molecular flexibility index (Phi) is 8.15. The molecule has 1 aromatic rings. The Morgan fingerprint density at radius 1 is 1.22 bits per heavy atom. The predicted molar refractivity (Wildman–Crippen MR) is 79.0 cm³/mol. The number of aliphatic carboxylic acids is 2. The van der Waals surface area contributed by atoms with Crippen LogP contribution in [0.2, 0.25) is 10.0 Å². The molecular weight excluding hydrogens is 364 g/mol. The first-order valence-corrected chi connectivity index (χ1v) is 6.58. The highest BCUT2D eigenvalue weighted by atomic mass is 35.5. The Balaban J connectivity index is 0.000000688. The number of carbonyl (C=O) groups is 2. The van der Waals surface area contributed by atoms with Crippen LogP contribution in [-0.4, -0.2) is 48.0 Å². The summed E-state index contributed by atoms with van der Waals surface area (Å²) in [4.78, 5) is 19.2. The van der Waals surface area contributed by atoms with E-state index in [1.807, 2.05) is 0 Å². The summed E-state index contributed by atoms with van der Waals surface area (Å²) < 4.78 is 38.0. The van der Waals surface area contributed by atoms with Crippen LogP contribution in [-0.2, 0) is 9.59 Å². The van der Waals surface area contributed by atoms with Gasteiger partial charge >= 0.3 is 18.1 Å². The summed E-state index contributed by atoms with van der Waals surface area (Å²) in [5, 5.41) is 15.3. The monoisotopic (exact) mass is 376 g/mol. The molecule has 0 aliphatic heterocycles. The number of hydrogen-bond donors (Lipinski definition) is 3. The quantitative estimate of drug-likeness (QED) is 0.700. The number of hydrogen-bond acceptors (Lipinski definition) is 4. The third-order valence-corrected chi connectivity index (χ3v) is 3.30. The van der Waals surface area contributed by atoms with Gasteiger partial charge in [-0.3, -0.25) is 0 Å². The summed E-state index contributed by atoms with van der Waals surface area (Å²) in [6, 6.07) is 2.53. The second-order valence-electron chi connectivity index (χ2n) is 4.11.